The van der Waals surface area contributed by atoms with Crippen LogP contribution >= 0.6 is 11.3 Å². The third-order valence-corrected chi connectivity index (χ3v) is 5.18. The first-order valence-corrected chi connectivity index (χ1v) is 8.81. The number of hydrogen-bond donors (Lipinski definition) is 1. The molecule has 1 saturated heterocycles. The summed E-state index contributed by atoms with van der Waals surface area (Å²) in [5.74, 6) is 0.899. The van der Waals surface area contributed by atoms with Crippen LogP contribution in [0.1, 0.15) is 29.4 Å². The molecule has 1 fully saturated rings. The second-order valence-electron chi connectivity index (χ2n) is 5.92. The Morgan fingerprint density at radius 3 is 2.78 bits per heavy atom. The Morgan fingerprint density at radius 2 is 2.22 bits per heavy atom. The zero-order chi connectivity index (χ0) is 17.0. The van der Waals surface area contributed by atoms with Crippen LogP contribution in [0, 0.1) is 25.7 Å². The van der Waals surface area contributed by atoms with Gasteiger partial charge in [0, 0.05) is 24.5 Å². The van der Waals surface area contributed by atoms with Gasteiger partial charge in [-0.3, -0.25) is 4.79 Å². The minimum Gasteiger partial charge on any atom is -0.469 e. The number of carbonyl (C=O) groups is 1. The van der Waals surface area contributed by atoms with Crippen LogP contribution in [-0.4, -0.2) is 48.6 Å². The van der Waals surface area contributed by atoms with Crippen molar-refractivity contribution in [2.45, 2.75) is 34.2 Å². The number of nitrogens with zero attached hydrogens (tertiary/aromatic N) is 3. The molecule has 0 aromatic carbocycles. The number of thiazole rings is 1. The standard InChI is InChI=1S/C16H26N4O2S/c1-6-17-16(18-7-14-11(3)19-12(4)23-14)20-8-10(2)13(9-20)15(21)22-5/h10,13H,6-9H2,1-5H3,(H,17,18). The second-order valence-corrected chi connectivity index (χ2v) is 7.21. The van der Waals surface area contributed by atoms with Gasteiger partial charge in [-0.2, -0.15) is 0 Å². The lowest BCUT2D eigenvalue weighted by Crippen LogP contribution is -2.40. The monoisotopic (exact) mass is 338 g/mol. The SMILES string of the molecule is CCNC(=NCc1sc(C)nc1C)N1CC(C)C(C(=O)OC)C1. The highest BCUT2D eigenvalue weighted by molar-refractivity contribution is 7.11. The van der Waals surface area contributed by atoms with Crippen LogP contribution in [0.3, 0.4) is 0 Å². The minimum absolute atomic E-state index is 0.0868. The number of aryl methyl sites for hydroxylation is 2. The number of ether oxygens (including phenoxy) is 1. The summed E-state index contributed by atoms with van der Waals surface area (Å²) in [5.41, 5.74) is 1.05. The van der Waals surface area contributed by atoms with Crippen LogP contribution < -0.4 is 5.32 Å². The number of carbonyl (C=O) groups excluding carboxylic acids is 1. The molecule has 2 heterocycles. The smallest absolute Gasteiger partial charge is 0.310 e. The predicted molar refractivity (Wildman–Crippen MR) is 92.6 cm³/mol. The lowest BCUT2D eigenvalue weighted by molar-refractivity contribution is -0.145. The number of rotatable bonds is 4. The van der Waals surface area contributed by atoms with Gasteiger partial charge < -0.3 is 15.0 Å². The molecule has 0 bridgehead atoms. The van der Waals surface area contributed by atoms with Crippen LogP contribution in [0.15, 0.2) is 4.99 Å². The van der Waals surface area contributed by atoms with E-state index in [1.54, 1.807) is 11.3 Å². The van der Waals surface area contributed by atoms with Gasteiger partial charge in [-0.25, -0.2) is 9.98 Å². The van der Waals surface area contributed by atoms with E-state index in [0.29, 0.717) is 13.1 Å². The lowest BCUT2D eigenvalue weighted by atomic mass is 9.99. The molecule has 0 amide bonds. The van der Waals surface area contributed by atoms with Gasteiger partial charge >= 0.3 is 5.97 Å². The van der Waals surface area contributed by atoms with Crippen molar-refractivity contribution in [3.05, 3.63) is 15.6 Å². The number of hydrogen-bond acceptors (Lipinski definition) is 5. The Kier molecular flexibility index (Phi) is 5.98. The fourth-order valence-electron chi connectivity index (χ4n) is 2.89. The molecule has 1 aromatic rings. The van der Waals surface area contributed by atoms with Crippen LogP contribution in [-0.2, 0) is 16.1 Å². The Hall–Kier alpha value is -1.63. The van der Waals surface area contributed by atoms with Crippen LogP contribution in [0.4, 0.5) is 0 Å². The number of nitrogens with one attached hydrogen (secondary N) is 1. The first kappa shape index (κ1) is 17.7. The number of aliphatic imine (C=N–C) groups is 1. The molecule has 2 atom stereocenters. The van der Waals surface area contributed by atoms with Gasteiger partial charge in [-0.15, -0.1) is 11.3 Å². The zero-order valence-electron chi connectivity index (χ0n) is 14.5. The van der Waals surface area contributed by atoms with E-state index in [1.165, 1.54) is 12.0 Å². The summed E-state index contributed by atoms with van der Waals surface area (Å²) in [5, 5.41) is 4.39. The summed E-state index contributed by atoms with van der Waals surface area (Å²) >= 11 is 1.69. The largest absolute Gasteiger partial charge is 0.469 e. The molecule has 1 aromatic heterocycles. The summed E-state index contributed by atoms with van der Waals surface area (Å²) in [4.78, 5) is 24.4. The molecular weight excluding hydrogens is 312 g/mol. The maximum atomic E-state index is 11.9. The molecule has 0 spiro atoms. The molecule has 23 heavy (non-hydrogen) atoms. The van der Waals surface area contributed by atoms with Gasteiger partial charge in [0.05, 0.1) is 30.3 Å². The summed E-state index contributed by atoms with van der Waals surface area (Å²) in [6.45, 7) is 11.1. The summed E-state index contributed by atoms with van der Waals surface area (Å²) in [6.07, 6.45) is 0. The minimum atomic E-state index is -0.134. The van der Waals surface area contributed by atoms with Crippen LogP contribution in [0.25, 0.3) is 0 Å². The van der Waals surface area contributed by atoms with Crippen molar-refractivity contribution in [1.29, 1.82) is 0 Å². The van der Waals surface area contributed by atoms with E-state index in [4.69, 9.17) is 9.73 Å². The van der Waals surface area contributed by atoms with E-state index in [0.717, 1.165) is 29.8 Å². The third-order valence-electron chi connectivity index (χ3n) is 4.12. The maximum Gasteiger partial charge on any atom is 0.310 e. The zero-order valence-corrected chi connectivity index (χ0v) is 15.4. The molecule has 7 heteroatoms. The molecule has 2 unspecified atom stereocenters. The number of methoxy groups -OCH3 is 1. The molecule has 128 valence electrons. The van der Waals surface area contributed by atoms with E-state index in [1.807, 2.05) is 13.8 Å². The molecular formula is C16H26N4O2S. The van der Waals surface area contributed by atoms with Crippen molar-refractivity contribution in [3.8, 4) is 0 Å². The van der Waals surface area contributed by atoms with Gasteiger partial charge in [0.1, 0.15) is 0 Å². The molecule has 0 saturated carbocycles. The molecule has 2 rings (SSSR count). The molecule has 6 nitrogen and oxygen atoms in total. The Balaban J connectivity index is 2.10. The Morgan fingerprint density at radius 1 is 1.48 bits per heavy atom. The van der Waals surface area contributed by atoms with Gasteiger partial charge in [-0.1, -0.05) is 6.92 Å². The first-order valence-electron chi connectivity index (χ1n) is 8.00. The number of guanidine groups is 1. The van der Waals surface area contributed by atoms with Crippen molar-refractivity contribution >= 4 is 23.3 Å². The predicted octanol–water partition coefficient (Wildman–Crippen LogP) is 1.97. The highest BCUT2D eigenvalue weighted by Gasteiger charge is 2.36. The van der Waals surface area contributed by atoms with Crippen molar-refractivity contribution in [2.75, 3.05) is 26.7 Å². The van der Waals surface area contributed by atoms with Gasteiger partial charge in [0.15, 0.2) is 5.96 Å². The fraction of sp³-hybridized carbons (Fsp3) is 0.688. The first-order chi connectivity index (χ1) is 11.0. The van der Waals surface area contributed by atoms with Crippen molar-refractivity contribution in [3.63, 3.8) is 0 Å². The summed E-state index contributed by atoms with van der Waals surface area (Å²) < 4.78 is 4.91. The molecule has 1 aliphatic heterocycles. The molecule has 1 N–H and O–H groups in total. The average molecular weight is 338 g/mol. The molecule has 1 aliphatic rings. The Labute approximate surface area is 142 Å². The molecule has 0 aliphatic carbocycles. The summed E-state index contributed by atoms with van der Waals surface area (Å²) in [6, 6.07) is 0. The fourth-order valence-corrected chi connectivity index (χ4v) is 3.75. The highest BCUT2D eigenvalue weighted by atomic mass is 32.1. The highest BCUT2D eigenvalue weighted by Crippen LogP contribution is 2.24. The van der Waals surface area contributed by atoms with Crippen molar-refractivity contribution < 1.29 is 9.53 Å². The van der Waals surface area contributed by atoms with E-state index >= 15 is 0 Å². The van der Waals surface area contributed by atoms with E-state index in [-0.39, 0.29) is 17.8 Å². The van der Waals surface area contributed by atoms with Gasteiger partial charge in [0.25, 0.3) is 0 Å². The average Bonchev–Trinajstić information content (AvgIpc) is 3.05. The van der Waals surface area contributed by atoms with Gasteiger partial charge in [-0.05, 0) is 26.7 Å². The van der Waals surface area contributed by atoms with Gasteiger partial charge in [0.2, 0.25) is 0 Å². The van der Waals surface area contributed by atoms with E-state index in [2.05, 4.69) is 29.0 Å². The maximum absolute atomic E-state index is 11.9. The normalized spacial score (nSPS) is 21.6. The molecule has 0 radical (unpaired) electrons. The summed E-state index contributed by atoms with van der Waals surface area (Å²) in [7, 11) is 1.45. The number of aromatic nitrogens is 1. The Bertz CT molecular complexity index is 585. The van der Waals surface area contributed by atoms with Crippen molar-refractivity contribution in [1.82, 2.24) is 15.2 Å². The van der Waals surface area contributed by atoms with E-state index < -0.39 is 0 Å². The van der Waals surface area contributed by atoms with Crippen LogP contribution in [0.2, 0.25) is 0 Å². The quantitative estimate of drug-likeness (QED) is 0.516. The third kappa shape index (κ3) is 4.22. The number of esters is 1. The lowest BCUT2D eigenvalue weighted by Gasteiger charge is -2.21. The topological polar surface area (TPSA) is 66.8 Å². The number of likely N-dealkylation sites (tertiary alicyclic amines) is 1. The van der Waals surface area contributed by atoms with Crippen LogP contribution in [0.5, 0.6) is 0 Å². The van der Waals surface area contributed by atoms with E-state index in [9.17, 15) is 4.79 Å². The van der Waals surface area contributed by atoms with Crippen molar-refractivity contribution in [2.24, 2.45) is 16.8 Å². The second kappa shape index (κ2) is 7.77.